The van der Waals surface area contributed by atoms with E-state index in [1.54, 1.807) is 18.2 Å². The zero-order chi connectivity index (χ0) is 24.1. The van der Waals surface area contributed by atoms with Crippen LogP contribution in [0.3, 0.4) is 0 Å². The van der Waals surface area contributed by atoms with E-state index >= 15 is 0 Å². The van der Waals surface area contributed by atoms with Gasteiger partial charge in [0.15, 0.2) is 0 Å². The van der Waals surface area contributed by atoms with E-state index < -0.39 is 15.8 Å². The maximum absolute atomic E-state index is 13.3. The van der Waals surface area contributed by atoms with Gasteiger partial charge < -0.3 is 15.5 Å². The Balaban J connectivity index is 1.61. The minimum atomic E-state index is -3.98. The third kappa shape index (κ3) is 5.73. The van der Waals surface area contributed by atoms with Gasteiger partial charge >= 0.3 is 0 Å². The Morgan fingerprint density at radius 2 is 1.76 bits per heavy atom. The number of amides is 1. The average Bonchev–Trinajstić information content (AvgIpc) is 2.83. The van der Waals surface area contributed by atoms with Crippen molar-refractivity contribution in [2.24, 2.45) is 0 Å². The van der Waals surface area contributed by atoms with Crippen LogP contribution >= 0.6 is 0 Å². The zero-order valence-electron chi connectivity index (χ0n) is 18.8. The molecule has 1 amide bonds. The van der Waals surface area contributed by atoms with Gasteiger partial charge in [-0.3, -0.25) is 9.52 Å². The number of nitrogens with one attached hydrogen (secondary N) is 3. The molecular formula is C25H27FN4O3S. The van der Waals surface area contributed by atoms with Crippen molar-refractivity contribution in [1.29, 1.82) is 0 Å². The summed E-state index contributed by atoms with van der Waals surface area (Å²) in [6, 6.07) is 17.5. The first kappa shape index (κ1) is 23.7. The van der Waals surface area contributed by atoms with E-state index in [1.807, 2.05) is 31.2 Å². The van der Waals surface area contributed by atoms with Crippen LogP contribution in [0, 0.1) is 12.7 Å². The van der Waals surface area contributed by atoms with Crippen molar-refractivity contribution < 1.29 is 17.6 Å². The summed E-state index contributed by atoms with van der Waals surface area (Å²) in [4.78, 5) is 14.9. The molecule has 7 nitrogen and oxygen atoms in total. The SMILES string of the molecule is Cc1cccc(CNC(=O)c2ccc(N3CCNCC3)c(NS(=O)(=O)c3ccc(F)cc3)c2)c1. The molecule has 34 heavy (non-hydrogen) atoms. The van der Waals surface area contributed by atoms with E-state index in [0.29, 0.717) is 36.6 Å². The second kappa shape index (κ2) is 10.2. The first-order valence-electron chi connectivity index (χ1n) is 11.0. The number of nitrogens with zero attached hydrogens (tertiary/aromatic N) is 1. The minimum absolute atomic E-state index is 0.0607. The lowest BCUT2D eigenvalue weighted by Gasteiger charge is -2.31. The largest absolute Gasteiger partial charge is 0.367 e. The summed E-state index contributed by atoms with van der Waals surface area (Å²) in [6.45, 7) is 5.27. The normalized spacial score (nSPS) is 14.0. The first-order chi connectivity index (χ1) is 16.3. The van der Waals surface area contributed by atoms with Crippen LogP contribution < -0.4 is 20.3 Å². The summed E-state index contributed by atoms with van der Waals surface area (Å²) in [5, 5.41) is 6.16. The smallest absolute Gasteiger partial charge is 0.261 e. The van der Waals surface area contributed by atoms with E-state index in [4.69, 9.17) is 0 Å². The molecular weight excluding hydrogens is 455 g/mol. The van der Waals surface area contributed by atoms with E-state index in [1.165, 1.54) is 12.1 Å². The van der Waals surface area contributed by atoms with Crippen molar-refractivity contribution in [2.45, 2.75) is 18.4 Å². The fourth-order valence-corrected chi connectivity index (χ4v) is 4.93. The van der Waals surface area contributed by atoms with Gasteiger partial charge in [-0.05, 0) is 55.0 Å². The molecule has 1 heterocycles. The average molecular weight is 483 g/mol. The molecule has 3 aromatic rings. The molecule has 1 saturated heterocycles. The third-order valence-electron chi connectivity index (χ3n) is 5.62. The summed E-state index contributed by atoms with van der Waals surface area (Å²) < 4.78 is 41.9. The number of piperazine rings is 1. The minimum Gasteiger partial charge on any atom is -0.367 e. The topological polar surface area (TPSA) is 90.5 Å². The summed E-state index contributed by atoms with van der Waals surface area (Å²) in [6.07, 6.45) is 0. The molecule has 3 N–H and O–H groups in total. The number of halogens is 1. The predicted octanol–water partition coefficient (Wildman–Crippen LogP) is 3.27. The number of aryl methyl sites for hydroxylation is 1. The molecule has 178 valence electrons. The number of anilines is 2. The van der Waals surface area contributed by atoms with Crippen molar-refractivity contribution in [3.63, 3.8) is 0 Å². The van der Waals surface area contributed by atoms with Gasteiger partial charge in [-0.25, -0.2) is 12.8 Å². The molecule has 0 saturated carbocycles. The quantitative estimate of drug-likeness (QED) is 0.481. The lowest BCUT2D eigenvalue weighted by atomic mass is 10.1. The molecule has 0 atom stereocenters. The van der Waals surface area contributed by atoms with Gasteiger partial charge in [-0.1, -0.05) is 29.8 Å². The summed E-state index contributed by atoms with van der Waals surface area (Å²) >= 11 is 0. The third-order valence-corrected chi connectivity index (χ3v) is 7.00. The fraction of sp³-hybridized carbons (Fsp3) is 0.240. The van der Waals surface area contributed by atoms with Crippen LogP contribution in [0.15, 0.2) is 71.6 Å². The number of hydrogen-bond acceptors (Lipinski definition) is 5. The molecule has 9 heteroatoms. The Bertz CT molecular complexity index is 1270. The Kier molecular flexibility index (Phi) is 7.14. The maximum atomic E-state index is 13.3. The monoisotopic (exact) mass is 482 g/mol. The van der Waals surface area contributed by atoms with Crippen LogP contribution in [-0.2, 0) is 16.6 Å². The highest BCUT2D eigenvalue weighted by molar-refractivity contribution is 7.92. The second-order valence-corrected chi connectivity index (χ2v) is 9.88. The number of rotatable bonds is 7. The maximum Gasteiger partial charge on any atom is 0.261 e. The van der Waals surface area contributed by atoms with Gasteiger partial charge in [0.2, 0.25) is 0 Å². The van der Waals surface area contributed by atoms with Crippen LogP contribution in [0.1, 0.15) is 21.5 Å². The summed E-state index contributed by atoms with van der Waals surface area (Å²) in [7, 11) is -3.98. The Morgan fingerprint density at radius 1 is 1.03 bits per heavy atom. The van der Waals surface area contributed by atoms with Gasteiger partial charge in [-0.15, -0.1) is 0 Å². The number of hydrogen-bond donors (Lipinski definition) is 3. The fourth-order valence-electron chi connectivity index (χ4n) is 3.86. The lowest BCUT2D eigenvalue weighted by Crippen LogP contribution is -2.43. The van der Waals surface area contributed by atoms with Crippen LogP contribution in [0.5, 0.6) is 0 Å². The van der Waals surface area contributed by atoms with Crippen LogP contribution in [0.4, 0.5) is 15.8 Å². The van der Waals surface area contributed by atoms with Gasteiger partial charge in [0.25, 0.3) is 15.9 Å². The van der Waals surface area contributed by atoms with Crippen molar-refractivity contribution >= 4 is 27.3 Å². The molecule has 0 bridgehead atoms. The number of carbonyl (C=O) groups excluding carboxylic acids is 1. The second-order valence-electron chi connectivity index (χ2n) is 8.20. The van der Waals surface area contributed by atoms with E-state index in [-0.39, 0.29) is 10.8 Å². The number of carbonyl (C=O) groups is 1. The van der Waals surface area contributed by atoms with E-state index in [0.717, 1.165) is 36.3 Å². The Labute approximate surface area is 199 Å². The molecule has 0 unspecified atom stereocenters. The molecule has 0 radical (unpaired) electrons. The van der Waals surface area contributed by atoms with Crippen molar-refractivity contribution in [3.8, 4) is 0 Å². The number of sulfonamides is 1. The molecule has 0 spiro atoms. The number of benzene rings is 3. The molecule has 0 aromatic heterocycles. The summed E-state index contributed by atoms with van der Waals surface area (Å²) in [5.41, 5.74) is 3.40. The van der Waals surface area contributed by atoms with Crippen LogP contribution in [-0.4, -0.2) is 40.5 Å². The highest BCUT2D eigenvalue weighted by atomic mass is 32.2. The lowest BCUT2D eigenvalue weighted by molar-refractivity contribution is 0.0951. The zero-order valence-corrected chi connectivity index (χ0v) is 19.7. The van der Waals surface area contributed by atoms with Crippen LogP contribution in [0.2, 0.25) is 0 Å². The predicted molar refractivity (Wildman–Crippen MR) is 131 cm³/mol. The van der Waals surface area contributed by atoms with Gasteiger partial charge in [-0.2, -0.15) is 0 Å². The molecule has 1 fully saturated rings. The molecule has 1 aliphatic heterocycles. The Morgan fingerprint density at radius 3 is 2.47 bits per heavy atom. The Hall–Kier alpha value is -3.43. The van der Waals surface area contributed by atoms with Crippen molar-refractivity contribution in [2.75, 3.05) is 35.8 Å². The van der Waals surface area contributed by atoms with Gasteiger partial charge in [0, 0.05) is 38.3 Å². The van der Waals surface area contributed by atoms with E-state index in [2.05, 4.69) is 20.3 Å². The summed E-state index contributed by atoms with van der Waals surface area (Å²) in [5.74, 6) is -0.830. The molecule has 4 rings (SSSR count). The molecule has 0 aliphatic carbocycles. The standard InChI is InChI=1S/C25H27FN4O3S/c1-18-3-2-4-19(15-18)17-28-25(31)20-5-10-24(30-13-11-27-12-14-30)23(16-20)29-34(32,33)22-8-6-21(26)7-9-22/h2-10,15-16,27,29H,11-14,17H2,1H3,(H,28,31). The first-order valence-corrected chi connectivity index (χ1v) is 12.5. The highest BCUT2D eigenvalue weighted by Crippen LogP contribution is 2.30. The van der Waals surface area contributed by atoms with E-state index in [9.17, 15) is 17.6 Å². The van der Waals surface area contributed by atoms with Gasteiger partial charge in [0.1, 0.15) is 5.82 Å². The van der Waals surface area contributed by atoms with Crippen LogP contribution in [0.25, 0.3) is 0 Å². The van der Waals surface area contributed by atoms with Crippen molar-refractivity contribution in [1.82, 2.24) is 10.6 Å². The molecule has 3 aromatic carbocycles. The molecule has 1 aliphatic rings. The highest BCUT2D eigenvalue weighted by Gasteiger charge is 2.21. The van der Waals surface area contributed by atoms with Crippen molar-refractivity contribution in [3.05, 3.63) is 89.2 Å². The van der Waals surface area contributed by atoms with Gasteiger partial charge in [0.05, 0.1) is 16.3 Å².